The van der Waals surface area contributed by atoms with E-state index in [-0.39, 0.29) is 11.1 Å². The SMILES string of the molecule is C[C@@H](Nc1nc2cc(Cl)c(F)cc2s1)c1ccccc1. The monoisotopic (exact) mass is 306 g/mol. The predicted octanol–water partition coefficient (Wildman–Crippen LogP) is 5.26. The Kier molecular flexibility index (Phi) is 3.59. The van der Waals surface area contributed by atoms with Crippen LogP contribution in [-0.2, 0) is 0 Å². The fraction of sp³-hybridized carbons (Fsp3) is 0.133. The number of rotatable bonds is 3. The van der Waals surface area contributed by atoms with E-state index in [1.165, 1.54) is 23.0 Å². The lowest BCUT2D eigenvalue weighted by atomic mass is 10.1. The lowest BCUT2D eigenvalue weighted by Crippen LogP contribution is -2.05. The van der Waals surface area contributed by atoms with Crippen molar-refractivity contribution in [1.29, 1.82) is 0 Å². The second kappa shape index (κ2) is 5.38. The Morgan fingerprint density at radius 1 is 1.25 bits per heavy atom. The Balaban J connectivity index is 1.88. The van der Waals surface area contributed by atoms with Crippen LogP contribution in [0.15, 0.2) is 42.5 Å². The van der Waals surface area contributed by atoms with Gasteiger partial charge in [0, 0.05) is 0 Å². The second-order valence-corrected chi connectivity index (χ2v) is 5.97. The molecule has 0 aliphatic heterocycles. The van der Waals surface area contributed by atoms with Gasteiger partial charge in [0.25, 0.3) is 0 Å². The summed E-state index contributed by atoms with van der Waals surface area (Å²) >= 11 is 7.19. The van der Waals surface area contributed by atoms with Gasteiger partial charge in [-0.25, -0.2) is 9.37 Å². The number of anilines is 1. The first-order chi connectivity index (χ1) is 9.63. The van der Waals surface area contributed by atoms with Crippen LogP contribution in [0.1, 0.15) is 18.5 Å². The summed E-state index contributed by atoms with van der Waals surface area (Å²) in [6, 6.07) is 13.2. The van der Waals surface area contributed by atoms with Crippen LogP contribution >= 0.6 is 22.9 Å². The fourth-order valence-electron chi connectivity index (χ4n) is 2.00. The van der Waals surface area contributed by atoms with Crippen LogP contribution in [0.2, 0.25) is 5.02 Å². The summed E-state index contributed by atoms with van der Waals surface area (Å²) < 4.78 is 14.2. The molecule has 0 radical (unpaired) electrons. The number of nitrogens with zero attached hydrogens (tertiary/aromatic N) is 1. The maximum absolute atomic E-state index is 13.4. The van der Waals surface area contributed by atoms with Gasteiger partial charge in [0.15, 0.2) is 5.13 Å². The Morgan fingerprint density at radius 2 is 2.00 bits per heavy atom. The first kappa shape index (κ1) is 13.3. The molecule has 3 aromatic rings. The Labute approximate surface area is 125 Å². The van der Waals surface area contributed by atoms with Crippen molar-refractivity contribution in [3.05, 3.63) is 58.9 Å². The normalized spacial score (nSPS) is 12.6. The molecule has 3 rings (SSSR count). The lowest BCUT2D eigenvalue weighted by Gasteiger charge is -2.12. The third-order valence-corrected chi connectivity index (χ3v) is 4.31. The van der Waals surface area contributed by atoms with Crippen molar-refractivity contribution < 1.29 is 4.39 Å². The number of aromatic nitrogens is 1. The number of fused-ring (bicyclic) bond motifs is 1. The van der Waals surface area contributed by atoms with Gasteiger partial charge in [-0.2, -0.15) is 0 Å². The molecule has 1 aromatic heterocycles. The zero-order valence-electron chi connectivity index (χ0n) is 10.7. The van der Waals surface area contributed by atoms with Crippen LogP contribution in [0.3, 0.4) is 0 Å². The van der Waals surface area contributed by atoms with E-state index in [2.05, 4.69) is 29.4 Å². The summed E-state index contributed by atoms with van der Waals surface area (Å²) in [7, 11) is 0. The first-order valence-corrected chi connectivity index (χ1v) is 7.40. The minimum Gasteiger partial charge on any atom is -0.355 e. The molecule has 1 atom stereocenters. The Morgan fingerprint density at radius 3 is 2.75 bits per heavy atom. The molecular formula is C15H12ClFN2S. The summed E-state index contributed by atoms with van der Waals surface area (Å²) in [6.07, 6.45) is 0. The van der Waals surface area contributed by atoms with Crippen molar-refractivity contribution in [3.8, 4) is 0 Å². The number of hydrogen-bond donors (Lipinski definition) is 1. The van der Waals surface area contributed by atoms with Gasteiger partial charge in [-0.1, -0.05) is 53.3 Å². The van der Waals surface area contributed by atoms with Crippen LogP contribution in [0.5, 0.6) is 0 Å². The summed E-state index contributed by atoms with van der Waals surface area (Å²) in [6.45, 7) is 2.06. The molecule has 20 heavy (non-hydrogen) atoms. The quantitative estimate of drug-likeness (QED) is 0.713. The molecule has 0 bridgehead atoms. The van der Waals surface area contributed by atoms with Crippen molar-refractivity contribution in [3.63, 3.8) is 0 Å². The van der Waals surface area contributed by atoms with Gasteiger partial charge in [0.2, 0.25) is 0 Å². The topological polar surface area (TPSA) is 24.9 Å². The number of halogens is 2. The zero-order chi connectivity index (χ0) is 14.1. The molecule has 2 nitrogen and oxygen atoms in total. The molecule has 102 valence electrons. The second-order valence-electron chi connectivity index (χ2n) is 4.53. The number of benzene rings is 2. The molecular weight excluding hydrogens is 295 g/mol. The van der Waals surface area contributed by atoms with Crippen molar-refractivity contribution in [2.24, 2.45) is 0 Å². The van der Waals surface area contributed by atoms with Crippen LogP contribution in [0.4, 0.5) is 9.52 Å². The predicted molar refractivity (Wildman–Crippen MR) is 83.1 cm³/mol. The fourth-order valence-corrected chi connectivity index (χ4v) is 3.11. The Hall–Kier alpha value is -1.65. The minimum absolute atomic E-state index is 0.102. The summed E-state index contributed by atoms with van der Waals surface area (Å²) in [4.78, 5) is 4.44. The van der Waals surface area contributed by atoms with Crippen molar-refractivity contribution in [1.82, 2.24) is 4.98 Å². The molecule has 0 fully saturated rings. The maximum Gasteiger partial charge on any atom is 0.184 e. The van der Waals surface area contributed by atoms with Gasteiger partial charge >= 0.3 is 0 Å². The van der Waals surface area contributed by atoms with Gasteiger partial charge in [0.1, 0.15) is 5.82 Å². The lowest BCUT2D eigenvalue weighted by molar-refractivity contribution is 0.630. The highest BCUT2D eigenvalue weighted by molar-refractivity contribution is 7.22. The highest BCUT2D eigenvalue weighted by Crippen LogP contribution is 2.31. The maximum atomic E-state index is 13.4. The van der Waals surface area contributed by atoms with Crippen LogP contribution in [0, 0.1) is 5.82 Å². The molecule has 0 spiro atoms. The third-order valence-electron chi connectivity index (χ3n) is 3.07. The molecule has 5 heteroatoms. The van der Waals surface area contributed by atoms with Gasteiger partial charge < -0.3 is 5.32 Å². The number of thiazole rings is 1. The first-order valence-electron chi connectivity index (χ1n) is 6.20. The van der Waals surface area contributed by atoms with E-state index in [0.29, 0.717) is 5.52 Å². The minimum atomic E-state index is -0.412. The summed E-state index contributed by atoms with van der Waals surface area (Å²) in [5, 5.41) is 4.19. The highest BCUT2D eigenvalue weighted by Gasteiger charge is 2.11. The van der Waals surface area contributed by atoms with Gasteiger partial charge in [0.05, 0.1) is 21.3 Å². The largest absolute Gasteiger partial charge is 0.355 e. The third kappa shape index (κ3) is 2.62. The molecule has 1 heterocycles. The molecule has 0 amide bonds. The van der Waals surface area contributed by atoms with E-state index in [1.54, 1.807) is 6.07 Å². The van der Waals surface area contributed by atoms with Crippen LogP contribution < -0.4 is 5.32 Å². The summed E-state index contributed by atoms with van der Waals surface area (Å²) in [5.74, 6) is -0.412. The average molecular weight is 307 g/mol. The van der Waals surface area contributed by atoms with Gasteiger partial charge in [-0.3, -0.25) is 0 Å². The van der Waals surface area contributed by atoms with E-state index in [1.807, 2.05) is 18.2 Å². The summed E-state index contributed by atoms with van der Waals surface area (Å²) in [5.41, 5.74) is 1.89. The van der Waals surface area contributed by atoms with E-state index >= 15 is 0 Å². The molecule has 2 aromatic carbocycles. The van der Waals surface area contributed by atoms with E-state index in [9.17, 15) is 4.39 Å². The van der Waals surface area contributed by atoms with E-state index < -0.39 is 5.82 Å². The number of nitrogens with one attached hydrogen (secondary N) is 1. The zero-order valence-corrected chi connectivity index (χ0v) is 12.3. The molecule has 0 aliphatic carbocycles. The van der Waals surface area contributed by atoms with Gasteiger partial charge in [-0.15, -0.1) is 0 Å². The number of hydrogen-bond acceptors (Lipinski definition) is 3. The Bertz CT molecular complexity index is 703. The van der Waals surface area contributed by atoms with Crippen molar-refractivity contribution in [2.45, 2.75) is 13.0 Å². The van der Waals surface area contributed by atoms with Gasteiger partial charge in [-0.05, 0) is 24.6 Å². The van der Waals surface area contributed by atoms with Crippen molar-refractivity contribution in [2.75, 3.05) is 5.32 Å². The molecule has 0 saturated heterocycles. The molecule has 1 N–H and O–H groups in total. The standard InChI is InChI=1S/C15H12ClFN2S/c1-9(10-5-3-2-4-6-10)18-15-19-13-7-11(16)12(17)8-14(13)20-15/h2-9H,1H3,(H,18,19)/t9-/m1/s1. The van der Waals surface area contributed by atoms with E-state index in [4.69, 9.17) is 11.6 Å². The molecule has 0 unspecified atom stereocenters. The van der Waals surface area contributed by atoms with Crippen LogP contribution in [0.25, 0.3) is 10.2 Å². The molecule has 0 saturated carbocycles. The van der Waals surface area contributed by atoms with Crippen molar-refractivity contribution >= 4 is 38.3 Å². The molecule has 0 aliphatic rings. The van der Waals surface area contributed by atoms with Crippen LogP contribution in [-0.4, -0.2) is 4.98 Å². The highest BCUT2D eigenvalue weighted by atomic mass is 35.5. The smallest absolute Gasteiger partial charge is 0.184 e. The average Bonchev–Trinajstić information content (AvgIpc) is 2.81. The van der Waals surface area contributed by atoms with E-state index in [0.717, 1.165) is 9.83 Å².